The van der Waals surface area contributed by atoms with Crippen LogP contribution in [0.3, 0.4) is 0 Å². The van der Waals surface area contributed by atoms with E-state index in [-0.39, 0.29) is 27.6 Å². The number of hydrogen-bond acceptors (Lipinski definition) is 3. The minimum Gasteiger partial charge on any atom is -0.478 e. The molecule has 0 saturated carbocycles. The van der Waals surface area contributed by atoms with E-state index >= 15 is 0 Å². The van der Waals surface area contributed by atoms with Gasteiger partial charge in [0.05, 0.1) is 16.1 Å². The molecule has 8 heteroatoms. The molecule has 0 aliphatic rings. The molecule has 1 aromatic carbocycles. The first-order valence-corrected chi connectivity index (χ1v) is 6.87. The van der Waals surface area contributed by atoms with Crippen molar-refractivity contribution in [1.82, 2.24) is 14.6 Å². The van der Waals surface area contributed by atoms with Gasteiger partial charge in [-0.2, -0.15) is 0 Å². The van der Waals surface area contributed by atoms with Crippen LogP contribution in [0, 0.1) is 5.82 Å². The fourth-order valence-electron chi connectivity index (χ4n) is 1.92. The molecule has 0 unspecified atom stereocenters. The van der Waals surface area contributed by atoms with Crippen LogP contribution in [0.15, 0.2) is 34.9 Å². The molecule has 0 saturated heterocycles. The van der Waals surface area contributed by atoms with Gasteiger partial charge in [-0.15, -0.1) is 10.2 Å². The normalized spacial score (nSPS) is 11.0. The molecular formula is C13H6BrClFN3O2. The molecule has 5 nitrogen and oxygen atoms in total. The van der Waals surface area contributed by atoms with Gasteiger partial charge in [-0.1, -0.05) is 27.5 Å². The molecule has 0 fully saturated rings. The third-order valence-corrected chi connectivity index (χ3v) is 3.65. The van der Waals surface area contributed by atoms with Crippen LogP contribution in [0.1, 0.15) is 10.4 Å². The minimum absolute atomic E-state index is 0.0380. The zero-order chi connectivity index (χ0) is 15.1. The van der Waals surface area contributed by atoms with E-state index in [1.54, 1.807) is 6.07 Å². The largest absolute Gasteiger partial charge is 0.478 e. The summed E-state index contributed by atoms with van der Waals surface area (Å²) in [6.07, 6.45) is 1.30. The summed E-state index contributed by atoms with van der Waals surface area (Å²) >= 11 is 9.24. The van der Waals surface area contributed by atoms with E-state index in [2.05, 4.69) is 26.1 Å². The van der Waals surface area contributed by atoms with E-state index in [9.17, 15) is 9.18 Å². The number of aromatic carboxylic acids is 1. The number of aromatic nitrogens is 3. The van der Waals surface area contributed by atoms with Gasteiger partial charge in [0.25, 0.3) is 0 Å². The monoisotopic (exact) mass is 369 g/mol. The number of rotatable bonds is 2. The number of hydrogen-bond donors (Lipinski definition) is 1. The highest BCUT2D eigenvalue weighted by Gasteiger charge is 2.17. The van der Waals surface area contributed by atoms with Crippen LogP contribution < -0.4 is 0 Å². The van der Waals surface area contributed by atoms with Crippen molar-refractivity contribution in [2.45, 2.75) is 0 Å². The summed E-state index contributed by atoms with van der Waals surface area (Å²) in [6, 6.07) is 5.64. The first-order chi connectivity index (χ1) is 9.97. The van der Waals surface area contributed by atoms with Crippen LogP contribution in [0.25, 0.3) is 17.0 Å². The SMILES string of the molecule is O=C(O)c1cc(Cl)c2nnc(-c3cc(Br)ccc3F)n2c1. The van der Waals surface area contributed by atoms with Crippen molar-refractivity contribution < 1.29 is 14.3 Å². The zero-order valence-corrected chi connectivity index (χ0v) is 12.6. The molecule has 3 rings (SSSR count). The van der Waals surface area contributed by atoms with Crippen LogP contribution in [0.2, 0.25) is 5.02 Å². The zero-order valence-electron chi connectivity index (χ0n) is 10.2. The Kier molecular flexibility index (Phi) is 3.38. The summed E-state index contributed by atoms with van der Waals surface area (Å²) in [7, 11) is 0. The molecule has 0 bridgehead atoms. The fourth-order valence-corrected chi connectivity index (χ4v) is 2.53. The van der Waals surface area contributed by atoms with Crippen LogP contribution >= 0.6 is 27.5 Å². The standard InChI is InChI=1S/C13H6BrClFN3O2/c14-7-1-2-10(16)8(4-7)11-17-18-12-9(15)3-6(13(20)21)5-19(11)12/h1-5H,(H,20,21). The quantitative estimate of drug-likeness (QED) is 0.748. The molecule has 1 N–H and O–H groups in total. The predicted molar refractivity (Wildman–Crippen MR) is 78.1 cm³/mol. The van der Waals surface area contributed by atoms with Crippen molar-refractivity contribution in [3.05, 3.63) is 51.3 Å². The molecule has 2 heterocycles. The van der Waals surface area contributed by atoms with Crippen molar-refractivity contribution in [2.75, 3.05) is 0 Å². The third-order valence-electron chi connectivity index (χ3n) is 2.88. The van der Waals surface area contributed by atoms with Gasteiger partial charge in [0, 0.05) is 10.7 Å². The Balaban J connectivity index is 2.33. The van der Waals surface area contributed by atoms with Crippen molar-refractivity contribution in [3.8, 4) is 11.4 Å². The lowest BCUT2D eigenvalue weighted by Gasteiger charge is -2.04. The Labute approximate surface area is 131 Å². The second-order valence-electron chi connectivity index (χ2n) is 4.22. The number of carboxylic acids is 1. The highest BCUT2D eigenvalue weighted by molar-refractivity contribution is 9.10. The van der Waals surface area contributed by atoms with E-state index < -0.39 is 11.8 Å². The van der Waals surface area contributed by atoms with Gasteiger partial charge in [-0.05, 0) is 24.3 Å². The van der Waals surface area contributed by atoms with Gasteiger partial charge in [0.2, 0.25) is 0 Å². The van der Waals surface area contributed by atoms with E-state index in [4.69, 9.17) is 16.7 Å². The lowest BCUT2D eigenvalue weighted by atomic mass is 10.2. The molecule has 2 aromatic heterocycles. The average molecular weight is 371 g/mol. The number of carbonyl (C=O) groups is 1. The van der Waals surface area contributed by atoms with E-state index in [1.165, 1.54) is 28.8 Å². The summed E-state index contributed by atoms with van der Waals surface area (Å²) in [6.45, 7) is 0. The van der Waals surface area contributed by atoms with Crippen molar-refractivity contribution in [3.63, 3.8) is 0 Å². The van der Waals surface area contributed by atoms with Gasteiger partial charge in [-0.25, -0.2) is 9.18 Å². The van der Waals surface area contributed by atoms with E-state index in [0.29, 0.717) is 4.47 Å². The molecule has 21 heavy (non-hydrogen) atoms. The first kappa shape index (κ1) is 14.0. The molecular weight excluding hydrogens is 365 g/mol. The highest BCUT2D eigenvalue weighted by Crippen LogP contribution is 2.27. The van der Waals surface area contributed by atoms with Gasteiger partial charge in [0.15, 0.2) is 11.5 Å². The molecule has 106 valence electrons. The molecule has 3 aromatic rings. The van der Waals surface area contributed by atoms with Gasteiger partial charge < -0.3 is 5.11 Å². The van der Waals surface area contributed by atoms with Gasteiger partial charge in [0.1, 0.15) is 5.82 Å². The number of fused-ring (bicyclic) bond motifs is 1. The summed E-state index contributed by atoms with van der Waals surface area (Å²) in [5.74, 6) is -1.47. The highest BCUT2D eigenvalue weighted by atomic mass is 79.9. The average Bonchev–Trinajstić information content (AvgIpc) is 2.85. The predicted octanol–water partition coefficient (Wildman–Crippen LogP) is 3.65. The fraction of sp³-hybridized carbons (Fsp3) is 0. The molecule has 0 spiro atoms. The maximum atomic E-state index is 14.0. The number of benzene rings is 1. The third kappa shape index (κ3) is 2.38. The Morgan fingerprint density at radius 2 is 2.10 bits per heavy atom. The first-order valence-electron chi connectivity index (χ1n) is 5.70. The summed E-state index contributed by atoms with van der Waals surface area (Å²) in [4.78, 5) is 11.1. The van der Waals surface area contributed by atoms with Crippen LogP contribution in [0.4, 0.5) is 4.39 Å². The van der Waals surface area contributed by atoms with E-state index in [0.717, 1.165) is 0 Å². The Hall–Kier alpha value is -1.99. The smallest absolute Gasteiger partial charge is 0.337 e. The maximum Gasteiger partial charge on any atom is 0.337 e. The molecule has 0 aliphatic heterocycles. The summed E-state index contributed by atoms with van der Waals surface area (Å²) in [5.41, 5.74) is 0.412. The second kappa shape index (κ2) is 5.09. The molecule has 0 aliphatic carbocycles. The number of halogens is 3. The van der Waals surface area contributed by atoms with Crippen molar-refractivity contribution >= 4 is 39.1 Å². The minimum atomic E-state index is -1.15. The van der Waals surface area contributed by atoms with Gasteiger partial charge in [-0.3, -0.25) is 4.40 Å². The van der Waals surface area contributed by atoms with E-state index in [1.807, 2.05) is 0 Å². The Bertz CT molecular complexity index is 881. The van der Waals surface area contributed by atoms with Crippen molar-refractivity contribution in [1.29, 1.82) is 0 Å². The van der Waals surface area contributed by atoms with Crippen LogP contribution in [-0.4, -0.2) is 25.7 Å². The second-order valence-corrected chi connectivity index (χ2v) is 5.55. The molecule has 0 amide bonds. The summed E-state index contributed by atoms with van der Waals surface area (Å²) in [5, 5.41) is 17.0. The molecule has 0 radical (unpaired) electrons. The topological polar surface area (TPSA) is 67.5 Å². The van der Waals surface area contributed by atoms with Gasteiger partial charge >= 0.3 is 5.97 Å². The Morgan fingerprint density at radius 3 is 2.81 bits per heavy atom. The maximum absolute atomic E-state index is 14.0. The Morgan fingerprint density at radius 1 is 1.33 bits per heavy atom. The number of pyridine rings is 1. The lowest BCUT2D eigenvalue weighted by Crippen LogP contribution is -2.01. The summed E-state index contributed by atoms with van der Waals surface area (Å²) < 4.78 is 16.0. The number of nitrogens with zero attached hydrogens (tertiary/aromatic N) is 3. The van der Waals surface area contributed by atoms with Crippen LogP contribution in [0.5, 0.6) is 0 Å². The lowest BCUT2D eigenvalue weighted by molar-refractivity contribution is 0.0696. The number of carboxylic acid groups (broad SMARTS) is 1. The van der Waals surface area contributed by atoms with Crippen LogP contribution in [-0.2, 0) is 0 Å². The molecule has 0 atom stereocenters. The van der Waals surface area contributed by atoms with Crippen molar-refractivity contribution in [2.24, 2.45) is 0 Å².